The van der Waals surface area contributed by atoms with Crippen LogP contribution in [0.5, 0.6) is 0 Å². The van der Waals surface area contributed by atoms with Gasteiger partial charge in [0, 0.05) is 10.2 Å². The molecule has 2 aromatic rings. The van der Waals surface area contributed by atoms with Gasteiger partial charge < -0.3 is 14.9 Å². The molecule has 1 amide bonds. The van der Waals surface area contributed by atoms with Crippen LogP contribution in [-0.2, 0) is 4.79 Å². The Balaban J connectivity index is 2.32. The van der Waals surface area contributed by atoms with Gasteiger partial charge in [0.05, 0.1) is 11.8 Å². The zero-order valence-corrected chi connectivity index (χ0v) is 13.4. The average molecular weight is 362 g/mol. The largest absolute Gasteiger partial charge is 0.506 e. The lowest BCUT2D eigenvalue weighted by molar-refractivity contribution is -0.112. The second-order valence-corrected chi connectivity index (χ2v) is 5.40. The quantitative estimate of drug-likeness (QED) is 0.495. The molecule has 1 aromatic heterocycles. The minimum Gasteiger partial charge on any atom is -0.506 e. The number of anilines is 1. The summed E-state index contributed by atoms with van der Waals surface area (Å²) >= 11 is 3.36. The van der Waals surface area contributed by atoms with E-state index in [0.29, 0.717) is 11.4 Å². The van der Waals surface area contributed by atoms with Crippen molar-refractivity contribution < 1.29 is 14.4 Å². The highest BCUT2D eigenvalue weighted by molar-refractivity contribution is 9.10. The van der Waals surface area contributed by atoms with Crippen LogP contribution in [0, 0.1) is 25.2 Å². The van der Waals surface area contributed by atoms with Gasteiger partial charge in [-0.3, -0.25) is 4.79 Å². The first kappa shape index (κ1) is 15.8. The number of nitriles is 1. The molecule has 0 saturated heterocycles. The van der Waals surface area contributed by atoms with Gasteiger partial charge in [0.15, 0.2) is 11.3 Å². The predicted molar refractivity (Wildman–Crippen MR) is 83.9 cm³/mol. The van der Waals surface area contributed by atoms with Gasteiger partial charge in [0.25, 0.3) is 5.91 Å². The topological polar surface area (TPSA) is 99.2 Å². The summed E-state index contributed by atoms with van der Waals surface area (Å²) in [4.78, 5) is 12.2. The fourth-order valence-corrected chi connectivity index (χ4v) is 2.03. The van der Waals surface area contributed by atoms with E-state index in [-0.39, 0.29) is 5.56 Å². The van der Waals surface area contributed by atoms with E-state index in [1.165, 1.54) is 6.20 Å². The number of nitrogens with zero attached hydrogens (tertiary/aromatic N) is 2. The molecule has 0 radical (unpaired) electrons. The SMILES string of the molecule is Cc1cc(NC(=O)/C(C#N)=C(\O)c2cnoc2C)ccc1Br. The molecule has 7 heteroatoms. The molecule has 0 spiro atoms. The number of aryl methyl sites for hydroxylation is 2. The Kier molecular flexibility index (Phi) is 4.63. The smallest absolute Gasteiger partial charge is 0.270 e. The van der Waals surface area contributed by atoms with Gasteiger partial charge in [-0.25, -0.2) is 0 Å². The van der Waals surface area contributed by atoms with Crippen LogP contribution in [0.4, 0.5) is 5.69 Å². The van der Waals surface area contributed by atoms with Crippen LogP contribution in [0.3, 0.4) is 0 Å². The lowest BCUT2D eigenvalue weighted by atomic mass is 10.1. The van der Waals surface area contributed by atoms with Crippen LogP contribution in [0.15, 0.2) is 39.0 Å². The maximum atomic E-state index is 12.2. The summed E-state index contributed by atoms with van der Waals surface area (Å²) in [6.45, 7) is 3.45. The Morgan fingerprint density at radius 2 is 2.18 bits per heavy atom. The first-order chi connectivity index (χ1) is 10.4. The fraction of sp³-hybridized carbons (Fsp3) is 0.133. The van der Waals surface area contributed by atoms with Gasteiger partial charge in [-0.1, -0.05) is 21.1 Å². The molecule has 6 nitrogen and oxygen atoms in total. The third kappa shape index (κ3) is 3.18. The van der Waals surface area contributed by atoms with Crippen molar-refractivity contribution in [2.75, 3.05) is 5.32 Å². The average Bonchev–Trinajstić information content (AvgIpc) is 2.89. The lowest BCUT2D eigenvalue weighted by Crippen LogP contribution is -2.15. The molecule has 0 aliphatic heterocycles. The highest BCUT2D eigenvalue weighted by atomic mass is 79.9. The van der Waals surface area contributed by atoms with Gasteiger partial charge in [-0.15, -0.1) is 0 Å². The third-order valence-corrected chi connectivity index (χ3v) is 3.89. The van der Waals surface area contributed by atoms with Crippen LogP contribution in [0.1, 0.15) is 16.9 Å². The van der Waals surface area contributed by atoms with E-state index < -0.39 is 17.2 Å². The monoisotopic (exact) mass is 361 g/mol. The van der Waals surface area contributed by atoms with E-state index in [4.69, 9.17) is 9.78 Å². The summed E-state index contributed by atoms with van der Waals surface area (Å²) in [6, 6.07) is 6.92. The Labute approximate surface area is 135 Å². The van der Waals surface area contributed by atoms with Gasteiger partial charge in [0.1, 0.15) is 11.8 Å². The number of hydrogen-bond acceptors (Lipinski definition) is 5. The normalized spacial score (nSPS) is 11.5. The van der Waals surface area contributed by atoms with Crippen LogP contribution in [0.25, 0.3) is 5.76 Å². The van der Waals surface area contributed by atoms with Crippen molar-refractivity contribution in [1.82, 2.24) is 5.16 Å². The molecular formula is C15H12BrN3O3. The summed E-state index contributed by atoms with van der Waals surface area (Å²) in [7, 11) is 0. The molecule has 0 atom stereocenters. The van der Waals surface area contributed by atoms with Crippen LogP contribution in [0.2, 0.25) is 0 Å². The number of carbonyl (C=O) groups excluding carboxylic acids is 1. The predicted octanol–water partition coefficient (Wildman–Crippen LogP) is 3.49. The highest BCUT2D eigenvalue weighted by Crippen LogP contribution is 2.22. The van der Waals surface area contributed by atoms with Crippen LogP contribution >= 0.6 is 15.9 Å². The fourth-order valence-electron chi connectivity index (χ4n) is 1.79. The zero-order valence-electron chi connectivity index (χ0n) is 11.8. The number of nitrogens with one attached hydrogen (secondary N) is 1. The lowest BCUT2D eigenvalue weighted by Gasteiger charge is -2.07. The minimum absolute atomic E-state index is 0.207. The number of benzene rings is 1. The standard InChI is InChI=1S/C15H12BrN3O3/c1-8-5-10(3-4-13(8)16)19-15(21)11(6-17)14(20)12-7-18-22-9(12)2/h3-5,7,20H,1-2H3,(H,19,21)/b14-11-. The van der Waals surface area contributed by atoms with E-state index in [2.05, 4.69) is 26.4 Å². The van der Waals surface area contributed by atoms with E-state index in [9.17, 15) is 9.90 Å². The first-order valence-corrected chi connectivity index (χ1v) is 7.05. The van der Waals surface area contributed by atoms with Crippen molar-refractivity contribution in [2.24, 2.45) is 0 Å². The summed E-state index contributed by atoms with van der Waals surface area (Å²) in [5.41, 5.74) is 1.25. The molecule has 1 heterocycles. The number of aliphatic hydroxyl groups excluding tert-OH is 1. The summed E-state index contributed by atoms with van der Waals surface area (Å²) in [5, 5.41) is 25.3. The minimum atomic E-state index is -0.706. The van der Waals surface area contributed by atoms with Crippen molar-refractivity contribution in [3.8, 4) is 6.07 Å². The number of halogens is 1. The van der Waals surface area contributed by atoms with Crippen molar-refractivity contribution >= 4 is 33.3 Å². The van der Waals surface area contributed by atoms with Gasteiger partial charge in [0.2, 0.25) is 0 Å². The van der Waals surface area contributed by atoms with Gasteiger partial charge >= 0.3 is 0 Å². The second-order valence-electron chi connectivity index (χ2n) is 4.55. The molecule has 112 valence electrons. The number of amides is 1. The molecule has 2 N–H and O–H groups in total. The summed E-state index contributed by atoms with van der Waals surface area (Å²) in [6.07, 6.45) is 1.25. The molecule has 0 aliphatic rings. The van der Waals surface area contributed by atoms with Crippen molar-refractivity contribution in [3.63, 3.8) is 0 Å². The maximum absolute atomic E-state index is 12.2. The maximum Gasteiger partial charge on any atom is 0.270 e. The Morgan fingerprint density at radius 1 is 1.45 bits per heavy atom. The Hall–Kier alpha value is -2.59. The number of hydrogen-bond donors (Lipinski definition) is 2. The number of rotatable bonds is 3. The van der Waals surface area contributed by atoms with Crippen LogP contribution < -0.4 is 5.32 Å². The molecule has 22 heavy (non-hydrogen) atoms. The Morgan fingerprint density at radius 3 is 2.73 bits per heavy atom. The molecule has 0 aliphatic carbocycles. The molecule has 1 aromatic carbocycles. The molecule has 0 unspecified atom stereocenters. The molecule has 0 bridgehead atoms. The van der Waals surface area contributed by atoms with Gasteiger partial charge in [-0.2, -0.15) is 5.26 Å². The van der Waals surface area contributed by atoms with E-state index in [0.717, 1.165) is 10.0 Å². The Bertz CT molecular complexity index is 803. The van der Waals surface area contributed by atoms with Crippen molar-refractivity contribution in [1.29, 1.82) is 5.26 Å². The van der Waals surface area contributed by atoms with E-state index >= 15 is 0 Å². The van der Waals surface area contributed by atoms with E-state index in [1.807, 2.05) is 6.92 Å². The molecule has 2 rings (SSSR count). The second kappa shape index (κ2) is 6.45. The van der Waals surface area contributed by atoms with Crippen LogP contribution in [-0.4, -0.2) is 16.2 Å². The first-order valence-electron chi connectivity index (χ1n) is 6.26. The number of carbonyl (C=O) groups is 1. The van der Waals surface area contributed by atoms with Crippen molar-refractivity contribution in [3.05, 3.63) is 51.3 Å². The molecule has 0 saturated carbocycles. The summed E-state index contributed by atoms with van der Waals surface area (Å²) in [5.74, 6) is -0.854. The molecule has 0 fully saturated rings. The number of aliphatic hydroxyl groups is 1. The van der Waals surface area contributed by atoms with E-state index in [1.54, 1.807) is 31.2 Å². The van der Waals surface area contributed by atoms with Gasteiger partial charge in [-0.05, 0) is 37.6 Å². The van der Waals surface area contributed by atoms with Crippen molar-refractivity contribution in [2.45, 2.75) is 13.8 Å². The third-order valence-electron chi connectivity index (χ3n) is 3.00. The zero-order chi connectivity index (χ0) is 16.3. The molecular weight excluding hydrogens is 350 g/mol. The summed E-state index contributed by atoms with van der Waals surface area (Å²) < 4.78 is 5.72. The highest BCUT2D eigenvalue weighted by Gasteiger charge is 2.20. The number of aromatic nitrogens is 1.